The Morgan fingerprint density at radius 2 is 1.89 bits per heavy atom. The molecule has 0 radical (unpaired) electrons. The van der Waals surface area contributed by atoms with Gasteiger partial charge >= 0.3 is 6.01 Å². The van der Waals surface area contributed by atoms with Gasteiger partial charge in [0.25, 0.3) is 5.89 Å². The van der Waals surface area contributed by atoms with Crippen molar-refractivity contribution in [2.24, 2.45) is 0 Å². The number of aromatic nitrogens is 2. The van der Waals surface area contributed by atoms with Crippen molar-refractivity contribution in [3.8, 4) is 23.0 Å². The lowest BCUT2D eigenvalue weighted by molar-refractivity contribution is 0.0717. The van der Waals surface area contributed by atoms with E-state index < -0.39 is 6.10 Å². The van der Waals surface area contributed by atoms with E-state index in [2.05, 4.69) is 15.5 Å². The second kappa shape index (κ2) is 7.45. The minimum absolute atomic E-state index is 0.289. The summed E-state index contributed by atoms with van der Waals surface area (Å²) in [6.45, 7) is 0.745. The molecule has 8 heteroatoms. The molecule has 1 aliphatic heterocycles. The topological polar surface area (TPSA) is 87.9 Å². The lowest BCUT2D eigenvalue weighted by Gasteiger charge is -2.23. The fourth-order valence-electron chi connectivity index (χ4n) is 2.84. The van der Waals surface area contributed by atoms with Crippen LogP contribution in [-0.4, -0.2) is 31.0 Å². The molecule has 1 aliphatic rings. The first kappa shape index (κ1) is 17.0. The third-order valence-electron chi connectivity index (χ3n) is 4.14. The number of benzene rings is 2. The third-order valence-corrected chi connectivity index (χ3v) is 4.14. The molecule has 2 aromatic carbocycles. The standard InChI is InChI=1S/C19H19N3O5/c1-23-15-9-5-6-12(17(15)24-2)10-20-19-22-21-18(27-19)16-11-25-13-7-3-4-8-14(13)26-16/h3-9,16H,10-11H2,1-2H3,(H,20,22). The van der Waals surface area contributed by atoms with Crippen LogP contribution in [-0.2, 0) is 6.54 Å². The van der Waals surface area contributed by atoms with Gasteiger partial charge in [-0.25, -0.2) is 0 Å². The van der Waals surface area contributed by atoms with Crippen molar-refractivity contribution in [2.75, 3.05) is 26.1 Å². The van der Waals surface area contributed by atoms with Crippen LogP contribution in [0.4, 0.5) is 6.01 Å². The second-order valence-corrected chi connectivity index (χ2v) is 5.82. The summed E-state index contributed by atoms with van der Waals surface area (Å²) in [5.41, 5.74) is 0.905. The molecule has 1 atom stereocenters. The summed E-state index contributed by atoms with van der Waals surface area (Å²) in [5, 5.41) is 11.2. The van der Waals surface area contributed by atoms with Gasteiger partial charge in [0.2, 0.25) is 6.10 Å². The number of anilines is 1. The smallest absolute Gasteiger partial charge is 0.315 e. The van der Waals surface area contributed by atoms with E-state index in [4.69, 9.17) is 23.4 Å². The number of hydrogen-bond donors (Lipinski definition) is 1. The molecule has 140 valence electrons. The molecular formula is C19H19N3O5. The molecular weight excluding hydrogens is 350 g/mol. The van der Waals surface area contributed by atoms with Crippen LogP contribution in [0.1, 0.15) is 17.6 Å². The van der Waals surface area contributed by atoms with E-state index in [1.165, 1.54) is 0 Å². The number of ether oxygens (including phenoxy) is 4. The lowest BCUT2D eigenvalue weighted by Crippen LogP contribution is -2.21. The highest BCUT2D eigenvalue weighted by Crippen LogP contribution is 2.36. The van der Waals surface area contributed by atoms with Crippen molar-refractivity contribution in [2.45, 2.75) is 12.6 Å². The first-order chi connectivity index (χ1) is 13.3. The molecule has 8 nitrogen and oxygen atoms in total. The fourth-order valence-corrected chi connectivity index (χ4v) is 2.84. The van der Waals surface area contributed by atoms with Crippen LogP contribution < -0.4 is 24.3 Å². The number of fused-ring (bicyclic) bond motifs is 1. The van der Waals surface area contributed by atoms with E-state index in [0.717, 1.165) is 5.56 Å². The maximum Gasteiger partial charge on any atom is 0.315 e. The van der Waals surface area contributed by atoms with E-state index >= 15 is 0 Å². The van der Waals surface area contributed by atoms with Gasteiger partial charge in [0.15, 0.2) is 23.0 Å². The molecule has 4 rings (SSSR count). The summed E-state index contributed by atoms with van der Waals surface area (Å²) < 4.78 is 28.0. The zero-order valence-electron chi connectivity index (χ0n) is 15.0. The summed E-state index contributed by atoms with van der Waals surface area (Å²) in [5.74, 6) is 3.03. The van der Waals surface area contributed by atoms with Gasteiger partial charge in [-0.3, -0.25) is 0 Å². The fraction of sp³-hybridized carbons (Fsp3) is 0.263. The average molecular weight is 369 g/mol. The molecule has 0 bridgehead atoms. The highest BCUT2D eigenvalue weighted by molar-refractivity contribution is 5.47. The molecule has 1 N–H and O–H groups in total. The number of methoxy groups -OCH3 is 2. The molecule has 1 aromatic heterocycles. The van der Waals surface area contributed by atoms with Crippen molar-refractivity contribution in [1.82, 2.24) is 10.2 Å². The summed E-state index contributed by atoms with van der Waals surface area (Å²) >= 11 is 0. The van der Waals surface area contributed by atoms with Crippen LogP contribution in [0.3, 0.4) is 0 Å². The molecule has 0 spiro atoms. The van der Waals surface area contributed by atoms with Crippen molar-refractivity contribution < 1.29 is 23.4 Å². The van der Waals surface area contributed by atoms with E-state index in [9.17, 15) is 0 Å². The largest absolute Gasteiger partial charge is 0.493 e. The lowest BCUT2D eigenvalue weighted by atomic mass is 10.2. The summed E-state index contributed by atoms with van der Waals surface area (Å²) in [7, 11) is 3.20. The molecule has 0 aliphatic carbocycles. The zero-order chi connectivity index (χ0) is 18.6. The summed E-state index contributed by atoms with van der Waals surface area (Å²) in [4.78, 5) is 0. The zero-order valence-corrected chi connectivity index (χ0v) is 15.0. The van der Waals surface area contributed by atoms with Gasteiger partial charge in [-0.1, -0.05) is 29.4 Å². The van der Waals surface area contributed by atoms with Crippen LogP contribution in [0.5, 0.6) is 23.0 Å². The minimum Gasteiger partial charge on any atom is -0.493 e. The van der Waals surface area contributed by atoms with Gasteiger partial charge in [-0.05, 0) is 18.2 Å². The van der Waals surface area contributed by atoms with E-state index in [-0.39, 0.29) is 6.01 Å². The Morgan fingerprint density at radius 3 is 2.70 bits per heavy atom. The first-order valence-corrected chi connectivity index (χ1v) is 8.44. The Balaban J connectivity index is 1.44. The molecule has 2 heterocycles. The van der Waals surface area contributed by atoms with Crippen LogP contribution in [0.2, 0.25) is 0 Å². The highest BCUT2D eigenvalue weighted by Gasteiger charge is 2.27. The number of nitrogens with one attached hydrogen (secondary N) is 1. The molecule has 0 amide bonds. The highest BCUT2D eigenvalue weighted by atomic mass is 16.6. The Bertz CT molecular complexity index is 927. The second-order valence-electron chi connectivity index (χ2n) is 5.82. The van der Waals surface area contributed by atoms with Gasteiger partial charge in [0.05, 0.1) is 14.2 Å². The average Bonchev–Trinajstić information content (AvgIpc) is 3.20. The number of para-hydroxylation sites is 3. The van der Waals surface area contributed by atoms with E-state index in [0.29, 0.717) is 42.0 Å². The predicted octanol–water partition coefficient (Wildman–Crippen LogP) is 3.21. The molecule has 27 heavy (non-hydrogen) atoms. The van der Waals surface area contributed by atoms with Gasteiger partial charge < -0.3 is 28.7 Å². The number of nitrogens with zero attached hydrogens (tertiary/aromatic N) is 2. The normalized spacial score (nSPS) is 15.3. The Kier molecular flexibility index (Phi) is 4.69. The summed E-state index contributed by atoms with van der Waals surface area (Å²) in [6, 6.07) is 13.4. The Hall–Kier alpha value is -3.42. The van der Waals surface area contributed by atoms with Crippen molar-refractivity contribution in [1.29, 1.82) is 0 Å². The predicted molar refractivity (Wildman–Crippen MR) is 96.5 cm³/mol. The van der Waals surface area contributed by atoms with Crippen molar-refractivity contribution in [3.63, 3.8) is 0 Å². The SMILES string of the molecule is COc1cccc(CNc2nnc(C3COc4ccccc4O3)o2)c1OC. The minimum atomic E-state index is -0.450. The first-order valence-electron chi connectivity index (χ1n) is 8.44. The quantitative estimate of drug-likeness (QED) is 0.709. The molecule has 0 saturated carbocycles. The Morgan fingerprint density at radius 1 is 1.04 bits per heavy atom. The van der Waals surface area contributed by atoms with Crippen molar-refractivity contribution >= 4 is 6.01 Å². The molecule has 0 fully saturated rings. The molecule has 1 unspecified atom stereocenters. The van der Waals surface area contributed by atoms with E-state index in [1.54, 1.807) is 14.2 Å². The maximum atomic E-state index is 5.88. The molecule has 0 saturated heterocycles. The van der Waals surface area contributed by atoms with Crippen LogP contribution in [0.25, 0.3) is 0 Å². The molecule has 3 aromatic rings. The number of hydrogen-bond acceptors (Lipinski definition) is 8. The van der Waals surface area contributed by atoms with Crippen LogP contribution in [0, 0.1) is 0 Å². The third kappa shape index (κ3) is 3.46. The maximum absolute atomic E-state index is 5.88. The number of rotatable bonds is 6. The van der Waals surface area contributed by atoms with Crippen molar-refractivity contribution in [3.05, 3.63) is 53.9 Å². The Labute approximate surface area is 156 Å². The summed E-state index contributed by atoms with van der Waals surface area (Å²) in [6.07, 6.45) is -0.450. The monoisotopic (exact) mass is 369 g/mol. The van der Waals surface area contributed by atoms with E-state index in [1.807, 2.05) is 42.5 Å². The van der Waals surface area contributed by atoms with Crippen LogP contribution in [0.15, 0.2) is 46.9 Å². The van der Waals surface area contributed by atoms with Gasteiger partial charge in [0, 0.05) is 12.1 Å². The van der Waals surface area contributed by atoms with Crippen LogP contribution >= 0.6 is 0 Å². The van der Waals surface area contributed by atoms with Gasteiger partial charge in [-0.15, -0.1) is 5.10 Å². The van der Waals surface area contributed by atoms with Gasteiger partial charge in [-0.2, -0.15) is 0 Å². The van der Waals surface area contributed by atoms with Gasteiger partial charge in [0.1, 0.15) is 6.61 Å².